The van der Waals surface area contributed by atoms with Crippen LogP contribution in [0.4, 0.5) is 5.69 Å². The molecule has 0 aliphatic carbocycles. The normalized spacial score (nSPS) is 11.1. The number of carbonyl (C=O) groups is 1. The Morgan fingerprint density at radius 2 is 1.50 bits per heavy atom. The molecule has 0 saturated heterocycles. The van der Waals surface area contributed by atoms with Crippen LogP contribution in [0.2, 0.25) is 0 Å². The Kier molecular flexibility index (Phi) is 7.31. The van der Waals surface area contributed by atoms with Crippen LogP contribution in [0.15, 0.2) is 108 Å². The summed E-state index contributed by atoms with van der Waals surface area (Å²) >= 11 is 0. The van der Waals surface area contributed by atoms with Crippen molar-refractivity contribution in [2.24, 2.45) is 5.73 Å². The van der Waals surface area contributed by atoms with Gasteiger partial charge in [0.2, 0.25) is 5.91 Å². The van der Waals surface area contributed by atoms with Gasteiger partial charge in [-0.05, 0) is 41.0 Å². The molecule has 0 atom stereocenters. The van der Waals surface area contributed by atoms with Crippen molar-refractivity contribution in [2.45, 2.75) is 17.9 Å². The topological polar surface area (TPSA) is 104 Å². The molecule has 4 aromatic carbocycles. The van der Waals surface area contributed by atoms with Gasteiger partial charge in [0.25, 0.3) is 0 Å². The molecule has 0 fully saturated rings. The number of amides is 1. The summed E-state index contributed by atoms with van der Waals surface area (Å²) in [6.45, 7) is 0.283. The number of benzene rings is 4. The van der Waals surface area contributed by atoms with E-state index in [1.54, 1.807) is 41.3 Å². The highest BCUT2D eigenvalue weighted by Gasteiger charge is 2.20. The van der Waals surface area contributed by atoms with E-state index in [0.717, 1.165) is 16.8 Å². The predicted molar refractivity (Wildman–Crippen MR) is 144 cm³/mol. The van der Waals surface area contributed by atoms with Crippen molar-refractivity contribution in [3.8, 4) is 11.1 Å². The molecular formula is C29H27N3O3S. The standard InChI is InChI=1S/C29H27N3O3S/c1-36(34,35)27-18-21(15-16-26(27)23-10-4-2-5-11-23)19-28(33)32(25-13-6-3-7-14-25)20-22-9-8-12-24(17-22)29(30)31/h2-18H,19-20H2,1H3,(H3,30,31). The lowest BCUT2D eigenvalue weighted by Crippen LogP contribution is -2.32. The quantitative estimate of drug-likeness (QED) is 0.269. The molecule has 0 aliphatic rings. The zero-order valence-electron chi connectivity index (χ0n) is 19.9. The maximum Gasteiger partial charge on any atom is 0.231 e. The van der Waals surface area contributed by atoms with Crippen LogP contribution in [-0.2, 0) is 27.6 Å². The van der Waals surface area contributed by atoms with Gasteiger partial charge in [-0.25, -0.2) is 8.42 Å². The summed E-state index contributed by atoms with van der Waals surface area (Å²) in [4.78, 5) is 15.4. The zero-order valence-corrected chi connectivity index (χ0v) is 20.7. The second-order valence-corrected chi connectivity index (χ2v) is 10.6. The fourth-order valence-corrected chi connectivity index (χ4v) is 5.01. The number of nitrogens with zero attached hydrogens (tertiary/aromatic N) is 1. The highest BCUT2D eigenvalue weighted by molar-refractivity contribution is 7.90. The monoisotopic (exact) mass is 497 g/mol. The Bertz CT molecular complexity index is 1500. The van der Waals surface area contributed by atoms with Crippen molar-refractivity contribution in [3.05, 3.63) is 120 Å². The van der Waals surface area contributed by atoms with E-state index >= 15 is 0 Å². The van der Waals surface area contributed by atoms with Crippen LogP contribution in [0, 0.1) is 5.41 Å². The Balaban J connectivity index is 1.67. The molecule has 0 spiro atoms. The number of anilines is 1. The second-order valence-electron chi connectivity index (χ2n) is 8.57. The van der Waals surface area contributed by atoms with Crippen molar-refractivity contribution < 1.29 is 13.2 Å². The van der Waals surface area contributed by atoms with E-state index in [-0.39, 0.29) is 29.6 Å². The van der Waals surface area contributed by atoms with Gasteiger partial charge in [0, 0.05) is 23.1 Å². The highest BCUT2D eigenvalue weighted by Crippen LogP contribution is 2.29. The zero-order chi connectivity index (χ0) is 25.7. The number of para-hydroxylation sites is 1. The van der Waals surface area contributed by atoms with Crippen LogP contribution >= 0.6 is 0 Å². The molecule has 0 aromatic heterocycles. The molecule has 7 heteroatoms. The van der Waals surface area contributed by atoms with Crippen molar-refractivity contribution in [1.82, 2.24) is 0 Å². The van der Waals surface area contributed by atoms with Crippen molar-refractivity contribution in [1.29, 1.82) is 5.41 Å². The number of hydrogen-bond donors (Lipinski definition) is 2. The number of rotatable bonds is 8. The molecule has 0 unspecified atom stereocenters. The molecule has 0 saturated carbocycles. The van der Waals surface area contributed by atoms with Gasteiger partial charge in [-0.3, -0.25) is 10.2 Å². The van der Waals surface area contributed by atoms with Gasteiger partial charge < -0.3 is 10.6 Å². The summed E-state index contributed by atoms with van der Waals surface area (Å²) in [6, 6.07) is 31.0. The van der Waals surface area contributed by atoms with Crippen molar-refractivity contribution in [3.63, 3.8) is 0 Å². The lowest BCUT2D eigenvalue weighted by Gasteiger charge is -2.24. The first-order valence-corrected chi connectivity index (χ1v) is 13.3. The first kappa shape index (κ1) is 24.9. The first-order chi connectivity index (χ1) is 17.2. The highest BCUT2D eigenvalue weighted by atomic mass is 32.2. The summed E-state index contributed by atoms with van der Waals surface area (Å²) in [5.41, 5.74) is 9.80. The van der Waals surface area contributed by atoms with Crippen LogP contribution in [0.1, 0.15) is 16.7 Å². The third-order valence-electron chi connectivity index (χ3n) is 5.83. The average Bonchev–Trinajstić information content (AvgIpc) is 2.88. The van der Waals surface area contributed by atoms with Crippen LogP contribution in [0.25, 0.3) is 11.1 Å². The minimum atomic E-state index is -3.53. The second kappa shape index (κ2) is 10.6. The average molecular weight is 498 g/mol. The van der Waals surface area contributed by atoms with E-state index in [0.29, 0.717) is 16.7 Å². The fraction of sp³-hybridized carbons (Fsp3) is 0.103. The van der Waals surface area contributed by atoms with Crippen LogP contribution in [0.5, 0.6) is 0 Å². The maximum absolute atomic E-state index is 13.6. The van der Waals surface area contributed by atoms with E-state index < -0.39 is 9.84 Å². The third-order valence-corrected chi connectivity index (χ3v) is 6.97. The Morgan fingerprint density at radius 1 is 0.833 bits per heavy atom. The molecule has 0 radical (unpaired) electrons. The van der Waals surface area contributed by atoms with Crippen molar-refractivity contribution in [2.75, 3.05) is 11.2 Å². The summed E-state index contributed by atoms with van der Waals surface area (Å²) in [5, 5.41) is 7.71. The van der Waals surface area contributed by atoms with Gasteiger partial charge in [-0.15, -0.1) is 0 Å². The van der Waals surface area contributed by atoms with E-state index in [1.165, 1.54) is 6.26 Å². The number of sulfone groups is 1. The molecule has 36 heavy (non-hydrogen) atoms. The number of carbonyl (C=O) groups excluding carboxylic acids is 1. The number of nitrogens with two attached hydrogens (primary N) is 1. The van der Waals surface area contributed by atoms with Gasteiger partial charge >= 0.3 is 0 Å². The SMILES string of the molecule is CS(=O)(=O)c1cc(CC(=O)N(Cc2cccc(C(=N)N)c2)c2ccccc2)ccc1-c1ccccc1. The first-order valence-electron chi connectivity index (χ1n) is 11.4. The maximum atomic E-state index is 13.6. The van der Waals surface area contributed by atoms with Gasteiger partial charge in [-0.2, -0.15) is 0 Å². The van der Waals surface area contributed by atoms with Gasteiger partial charge in [0.1, 0.15) is 5.84 Å². The number of nitrogen functional groups attached to an aromatic ring is 1. The molecule has 0 bridgehead atoms. The van der Waals surface area contributed by atoms with E-state index in [2.05, 4.69) is 0 Å². The molecule has 4 rings (SSSR count). The lowest BCUT2D eigenvalue weighted by molar-refractivity contribution is -0.118. The molecule has 0 heterocycles. The molecule has 4 aromatic rings. The smallest absolute Gasteiger partial charge is 0.231 e. The van der Waals surface area contributed by atoms with Gasteiger partial charge in [-0.1, -0.05) is 78.9 Å². The van der Waals surface area contributed by atoms with Crippen LogP contribution in [-0.4, -0.2) is 26.4 Å². The molecule has 0 aliphatic heterocycles. The van der Waals surface area contributed by atoms with E-state index in [4.69, 9.17) is 11.1 Å². The summed E-state index contributed by atoms with van der Waals surface area (Å²) in [7, 11) is -3.53. The Morgan fingerprint density at radius 3 is 2.14 bits per heavy atom. The molecule has 1 amide bonds. The molecule has 182 valence electrons. The summed E-state index contributed by atoms with van der Waals surface area (Å²) in [6.07, 6.45) is 1.21. The molecule has 3 N–H and O–H groups in total. The molecular weight excluding hydrogens is 470 g/mol. The minimum Gasteiger partial charge on any atom is -0.384 e. The fourth-order valence-electron chi connectivity index (χ4n) is 4.06. The van der Waals surface area contributed by atoms with Gasteiger partial charge in [0.05, 0.1) is 17.9 Å². The van der Waals surface area contributed by atoms with Crippen LogP contribution < -0.4 is 10.6 Å². The predicted octanol–water partition coefficient (Wildman–Crippen LogP) is 4.82. The van der Waals surface area contributed by atoms with Gasteiger partial charge in [0.15, 0.2) is 9.84 Å². The lowest BCUT2D eigenvalue weighted by atomic mass is 10.0. The van der Waals surface area contributed by atoms with Crippen LogP contribution in [0.3, 0.4) is 0 Å². The minimum absolute atomic E-state index is 0.0267. The van der Waals surface area contributed by atoms with Crippen molar-refractivity contribution >= 4 is 27.3 Å². The third kappa shape index (κ3) is 5.87. The molecule has 6 nitrogen and oxygen atoms in total. The number of amidine groups is 1. The summed E-state index contributed by atoms with van der Waals surface area (Å²) in [5.74, 6) is -0.220. The van der Waals surface area contributed by atoms with E-state index in [9.17, 15) is 13.2 Å². The number of hydrogen-bond acceptors (Lipinski definition) is 4. The number of nitrogens with one attached hydrogen (secondary N) is 1. The Labute approximate surface area is 211 Å². The summed E-state index contributed by atoms with van der Waals surface area (Å²) < 4.78 is 25.3. The largest absolute Gasteiger partial charge is 0.384 e. The Hall–Kier alpha value is -4.23. The van der Waals surface area contributed by atoms with E-state index in [1.807, 2.05) is 66.7 Å².